The Morgan fingerprint density at radius 3 is 2.55 bits per heavy atom. The monoisotopic (exact) mass is 438 g/mol. The lowest BCUT2D eigenvalue weighted by Crippen LogP contribution is -2.57. The largest absolute Gasteiger partial charge is 0.499 e. The van der Waals surface area contributed by atoms with Gasteiger partial charge in [0.25, 0.3) is 0 Å². The molecule has 0 spiro atoms. The Hall–Kier alpha value is -2.12. The number of morpholine rings is 1. The van der Waals surface area contributed by atoms with Gasteiger partial charge in [-0.05, 0) is 31.4 Å². The lowest BCUT2D eigenvalue weighted by Gasteiger charge is -2.38. The number of alkyl halides is 3. The Bertz CT molecular complexity index is 845. The van der Waals surface area contributed by atoms with Gasteiger partial charge in [0.15, 0.2) is 5.82 Å². The van der Waals surface area contributed by atoms with Crippen molar-refractivity contribution in [2.24, 2.45) is 0 Å². The normalized spacial score (nSPS) is 21.8. The van der Waals surface area contributed by atoms with Crippen molar-refractivity contribution in [1.29, 1.82) is 0 Å². The number of pyridine rings is 1. The molecule has 1 N–H and O–H groups in total. The number of carbonyl (C=O) groups is 1. The minimum absolute atomic E-state index is 0.0520. The number of anilines is 2. The second-order valence-corrected chi connectivity index (χ2v) is 8.38. The number of carboxylic acids is 1. The van der Waals surface area contributed by atoms with Crippen LogP contribution in [-0.2, 0) is 19.7 Å². The summed E-state index contributed by atoms with van der Waals surface area (Å²) in [6.45, 7) is 0.720. The van der Waals surface area contributed by atoms with Gasteiger partial charge in [0, 0.05) is 25.8 Å². The van der Waals surface area contributed by atoms with Crippen LogP contribution in [0.1, 0.15) is 19.3 Å². The Morgan fingerprint density at radius 2 is 1.93 bits per heavy atom. The van der Waals surface area contributed by atoms with Crippen molar-refractivity contribution in [1.82, 2.24) is 9.29 Å². The maximum absolute atomic E-state index is 14.0. The molecule has 2 saturated heterocycles. The quantitative estimate of drug-likeness (QED) is 0.694. The number of rotatable bonds is 5. The number of hydrogen-bond acceptors (Lipinski definition) is 6. The fraction of sp³-hybridized carbons (Fsp3) is 0.625. The summed E-state index contributed by atoms with van der Waals surface area (Å²) in [4.78, 5) is 17.0. The zero-order valence-electron chi connectivity index (χ0n) is 15.4. The second-order valence-electron chi connectivity index (χ2n) is 6.65. The van der Waals surface area contributed by atoms with Crippen molar-refractivity contribution in [3.8, 4) is 0 Å². The average molecular weight is 438 g/mol. The third-order valence-electron chi connectivity index (χ3n) is 4.79. The molecule has 0 aromatic carbocycles. The molecular weight excluding hydrogens is 417 g/mol. The number of ether oxygens (including phenoxy) is 1. The van der Waals surface area contributed by atoms with E-state index in [0.717, 1.165) is 6.07 Å². The molecule has 0 amide bonds. The summed E-state index contributed by atoms with van der Waals surface area (Å²) in [7, 11) is -5.23. The van der Waals surface area contributed by atoms with Gasteiger partial charge in [-0.15, -0.1) is 13.2 Å². The van der Waals surface area contributed by atoms with E-state index in [4.69, 9.17) is 4.74 Å². The molecule has 0 bridgehead atoms. The lowest BCUT2D eigenvalue weighted by atomic mass is 10.1. The first-order valence-electron chi connectivity index (χ1n) is 9.03. The Morgan fingerprint density at radius 1 is 1.24 bits per heavy atom. The van der Waals surface area contributed by atoms with E-state index >= 15 is 0 Å². The van der Waals surface area contributed by atoms with Crippen molar-refractivity contribution in [2.75, 3.05) is 42.1 Å². The SMILES string of the molecule is O=C(O)[C@@H]1CCCCN1S(=O)(=O)N(c1cccnc1N1CCOCC1)C(F)(F)F. The Kier molecular flexibility index (Phi) is 6.19. The van der Waals surface area contributed by atoms with Crippen LogP contribution in [0.4, 0.5) is 24.7 Å². The highest BCUT2D eigenvalue weighted by molar-refractivity contribution is 7.90. The molecule has 162 valence electrons. The first-order chi connectivity index (χ1) is 13.6. The van der Waals surface area contributed by atoms with Gasteiger partial charge in [0.2, 0.25) is 0 Å². The fourth-order valence-corrected chi connectivity index (χ4v) is 5.23. The summed E-state index contributed by atoms with van der Waals surface area (Å²) in [5.74, 6) is -1.63. The molecule has 0 saturated carbocycles. The molecule has 0 radical (unpaired) electrons. The topological polar surface area (TPSA) is 103 Å². The third-order valence-corrected chi connectivity index (χ3v) is 6.69. The highest BCUT2D eigenvalue weighted by Crippen LogP contribution is 2.39. The molecule has 0 aliphatic carbocycles. The average Bonchev–Trinajstić information content (AvgIpc) is 2.68. The number of hydrogen-bond donors (Lipinski definition) is 1. The number of aliphatic carboxylic acids is 1. The predicted molar refractivity (Wildman–Crippen MR) is 96.7 cm³/mol. The molecule has 0 unspecified atom stereocenters. The van der Waals surface area contributed by atoms with Gasteiger partial charge in [-0.2, -0.15) is 17.0 Å². The van der Waals surface area contributed by atoms with Gasteiger partial charge in [0.1, 0.15) is 11.7 Å². The Labute approximate surface area is 165 Å². The maximum atomic E-state index is 14.0. The molecular formula is C16H21F3N4O5S. The third kappa shape index (κ3) is 4.41. The van der Waals surface area contributed by atoms with Crippen LogP contribution in [0.3, 0.4) is 0 Å². The molecule has 9 nitrogen and oxygen atoms in total. The molecule has 29 heavy (non-hydrogen) atoms. The minimum atomic E-state index is -5.32. The van der Waals surface area contributed by atoms with Gasteiger partial charge >= 0.3 is 22.5 Å². The number of halogens is 3. The summed E-state index contributed by atoms with van der Waals surface area (Å²) in [6, 6.07) is 0.670. The summed E-state index contributed by atoms with van der Waals surface area (Å²) >= 11 is 0. The lowest BCUT2D eigenvalue weighted by molar-refractivity contribution is -0.142. The summed E-state index contributed by atoms with van der Waals surface area (Å²) in [5.41, 5.74) is -0.670. The second kappa shape index (κ2) is 8.32. The molecule has 2 aliphatic heterocycles. The highest BCUT2D eigenvalue weighted by atomic mass is 32.2. The van der Waals surface area contributed by atoms with Crippen LogP contribution in [0.2, 0.25) is 0 Å². The van der Waals surface area contributed by atoms with Crippen LogP contribution in [-0.4, -0.2) is 74.0 Å². The van der Waals surface area contributed by atoms with Gasteiger partial charge in [-0.3, -0.25) is 4.79 Å². The number of aromatic nitrogens is 1. The van der Waals surface area contributed by atoms with E-state index in [1.165, 1.54) is 17.2 Å². The summed E-state index contributed by atoms with van der Waals surface area (Å²) in [6.07, 6.45) is -3.40. The van der Waals surface area contributed by atoms with Crippen molar-refractivity contribution in [3.05, 3.63) is 18.3 Å². The van der Waals surface area contributed by atoms with Crippen LogP contribution >= 0.6 is 0 Å². The van der Waals surface area contributed by atoms with Crippen molar-refractivity contribution < 1.29 is 36.2 Å². The van der Waals surface area contributed by atoms with Crippen LogP contribution in [0.25, 0.3) is 0 Å². The molecule has 3 rings (SSSR count). The van der Waals surface area contributed by atoms with E-state index < -0.39 is 38.5 Å². The van der Waals surface area contributed by atoms with Gasteiger partial charge in [-0.25, -0.2) is 4.98 Å². The first-order valence-corrected chi connectivity index (χ1v) is 10.4. The zero-order valence-corrected chi connectivity index (χ0v) is 16.2. The molecule has 1 aromatic rings. The van der Waals surface area contributed by atoms with E-state index in [1.807, 2.05) is 0 Å². The van der Waals surface area contributed by atoms with Crippen molar-refractivity contribution in [2.45, 2.75) is 31.6 Å². The van der Waals surface area contributed by atoms with Crippen LogP contribution in [0.15, 0.2) is 18.3 Å². The smallest absolute Gasteiger partial charge is 0.480 e. The Balaban J connectivity index is 2.09. The zero-order chi connectivity index (χ0) is 21.2. The van der Waals surface area contributed by atoms with Crippen molar-refractivity contribution in [3.63, 3.8) is 0 Å². The molecule has 13 heteroatoms. The number of piperidine rings is 1. The molecule has 2 fully saturated rings. The van der Waals surface area contributed by atoms with E-state index in [9.17, 15) is 31.5 Å². The predicted octanol–water partition coefficient (Wildman–Crippen LogP) is 1.43. The number of carboxylic acid groups (broad SMARTS) is 1. The highest BCUT2D eigenvalue weighted by Gasteiger charge is 2.52. The van der Waals surface area contributed by atoms with Crippen LogP contribution in [0.5, 0.6) is 0 Å². The molecule has 3 heterocycles. The van der Waals surface area contributed by atoms with E-state index in [2.05, 4.69) is 4.98 Å². The standard InChI is InChI=1S/C16H21F3N4O5S/c17-16(18,19)23(29(26,27)22-7-2-1-4-13(22)15(24)25)12-5-3-6-20-14(12)21-8-10-28-11-9-21/h3,5-6,13H,1-2,4,7-11H2,(H,24,25)/t13-/m0/s1. The minimum Gasteiger partial charge on any atom is -0.480 e. The molecule has 1 atom stereocenters. The summed E-state index contributed by atoms with van der Waals surface area (Å²) < 4.78 is 73.2. The molecule has 1 aromatic heterocycles. The van der Waals surface area contributed by atoms with Crippen LogP contribution < -0.4 is 9.21 Å². The van der Waals surface area contributed by atoms with E-state index in [0.29, 0.717) is 10.7 Å². The number of nitrogens with zero attached hydrogens (tertiary/aromatic N) is 4. The van der Waals surface area contributed by atoms with Gasteiger partial charge < -0.3 is 14.7 Å². The maximum Gasteiger partial charge on any atom is 0.499 e. The van der Waals surface area contributed by atoms with E-state index in [1.54, 1.807) is 0 Å². The first kappa shape index (κ1) is 21.6. The fourth-order valence-electron chi connectivity index (χ4n) is 3.49. The van der Waals surface area contributed by atoms with Gasteiger partial charge in [0.05, 0.1) is 13.2 Å². The van der Waals surface area contributed by atoms with E-state index in [-0.39, 0.29) is 51.5 Å². The van der Waals surface area contributed by atoms with Crippen molar-refractivity contribution >= 4 is 27.7 Å². The van der Waals surface area contributed by atoms with Gasteiger partial charge in [-0.1, -0.05) is 0 Å². The molecule has 2 aliphatic rings. The van der Waals surface area contributed by atoms with Crippen LogP contribution in [0, 0.1) is 0 Å². The summed E-state index contributed by atoms with van der Waals surface area (Å²) in [5, 5.41) is 9.35.